The number of nitrogens with one attached hydrogen (secondary N) is 2. The molecule has 224 valence electrons. The van der Waals surface area contributed by atoms with E-state index in [1.807, 2.05) is 24.3 Å². The van der Waals surface area contributed by atoms with Crippen molar-refractivity contribution in [2.75, 3.05) is 12.8 Å². The lowest BCUT2D eigenvalue weighted by atomic mass is 9.96. The number of rotatable bonds is 8. The minimum Gasteiger partial charge on any atom is -0.480 e. The number of hydrogen-bond acceptors (Lipinski definition) is 6. The number of benzene rings is 3. The third-order valence-corrected chi connectivity index (χ3v) is 9.08. The molecule has 0 radical (unpaired) electrons. The number of hydrogen-bond donors (Lipinski definition) is 3. The fourth-order valence-corrected chi connectivity index (χ4v) is 6.46. The van der Waals surface area contributed by atoms with E-state index in [0.29, 0.717) is 36.2 Å². The van der Waals surface area contributed by atoms with E-state index in [2.05, 4.69) is 10.6 Å². The van der Waals surface area contributed by atoms with Gasteiger partial charge in [0.15, 0.2) is 9.84 Å². The zero-order valence-corrected chi connectivity index (χ0v) is 25.2. The molecule has 0 spiro atoms. The van der Waals surface area contributed by atoms with Crippen molar-refractivity contribution in [1.82, 2.24) is 15.5 Å². The number of aliphatic carboxylic acids is 1. The van der Waals surface area contributed by atoms with Gasteiger partial charge in [0.1, 0.15) is 11.6 Å². The van der Waals surface area contributed by atoms with Gasteiger partial charge in [-0.05, 0) is 59.0 Å². The average Bonchev–Trinajstić information content (AvgIpc) is 3.43. The average molecular weight is 645 g/mol. The SMILES string of the molecule is CS(=O)(=O)c1cccc(C[C@H](NC(=O)c2c(Cl)cc3c(c2Cl)CCN(C(=O)NCc2ccc4ccoc4c2)C3)C(=O)O)c1. The van der Waals surface area contributed by atoms with E-state index in [1.165, 1.54) is 18.2 Å². The second-order valence-electron chi connectivity index (χ2n) is 10.3. The van der Waals surface area contributed by atoms with Gasteiger partial charge in [0.25, 0.3) is 5.91 Å². The van der Waals surface area contributed by atoms with E-state index in [0.717, 1.165) is 22.8 Å². The van der Waals surface area contributed by atoms with Crippen LogP contribution >= 0.6 is 23.2 Å². The summed E-state index contributed by atoms with van der Waals surface area (Å²) in [6, 6.07) is 13.3. The van der Waals surface area contributed by atoms with Gasteiger partial charge in [-0.3, -0.25) is 4.79 Å². The molecule has 5 rings (SSSR count). The summed E-state index contributed by atoms with van der Waals surface area (Å²) >= 11 is 13.1. The Morgan fingerprint density at radius 2 is 1.86 bits per heavy atom. The Bertz CT molecular complexity index is 1860. The van der Waals surface area contributed by atoms with Crippen LogP contribution in [0.5, 0.6) is 0 Å². The van der Waals surface area contributed by atoms with Crippen LogP contribution in [0.2, 0.25) is 10.0 Å². The summed E-state index contributed by atoms with van der Waals surface area (Å²) in [5.74, 6) is -2.09. The molecule has 43 heavy (non-hydrogen) atoms. The van der Waals surface area contributed by atoms with Crippen LogP contribution in [0.15, 0.2) is 70.2 Å². The third-order valence-electron chi connectivity index (χ3n) is 7.25. The number of urea groups is 1. The van der Waals surface area contributed by atoms with Gasteiger partial charge < -0.3 is 25.1 Å². The zero-order valence-electron chi connectivity index (χ0n) is 22.9. The number of sulfone groups is 1. The van der Waals surface area contributed by atoms with Crippen molar-refractivity contribution < 1.29 is 32.3 Å². The van der Waals surface area contributed by atoms with E-state index in [-0.39, 0.29) is 39.5 Å². The van der Waals surface area contributed by atoms with Crippen LogP contribution in [0.25, 0.3) is 11.0 Å². The van der Waals surface area contributed by atoms with E-state index < -0.39 is 27.8 Å². The Balaban J connectivity index is 1.27. The molecule has 0 saturated carbocycles. The second-order valence-corrected chi connectivity index (χ2v) is 13.1. The van der Waals surface area contributed by atoms with Crippen LogP contribution in [-0.4, -0.2) is 55.2 Å². The van der Waals surface area contributed by atoms with Gasteiger partial charge in [-0.1, -0.05) is 47.5 Å². The molecule has 0 fully saturated rings. The first kappa shape index (κ1) is 30.4. The Morgan fingerprint density at radius 1 is 1.07 bits per heavy atom. The predicted molar refractivity (Wildman–Crippen MR) is 161 cm³/mol. The lowest BCUT2D eigenvalue weighted by Gasteiger charge is -2.30. The van der Waals surface area contributed by atoms with Crippen molar-refractivity contribution in [3.8, 4) is 0 Å². The minimum atomic E-state index is -3.50. The molecular weight excluding hydrogens is 617 g/mol. The van der Waals surface area contributed by atoms with Crippen molar-refractivity contribution >= 4 is 61.9 Å². The highest BCUT2D eigenvalue weighted by atomic mass is 35.5. The summed E-state index contributed by atoms with van der Waals surface area (Å²) in [4.78, 5) is 39.8. The van der Waals surface area contributed by atoms with Crippen molar-refractivity contribution in [2.45, 2.75) is 36.9 Å². The number of carbonyl (C=O) groups excluding carboxylic acids is 2. The molecular formula is C30H27Cl2N3O7S. The maximum atomic E-state index is 13.2. The van der Waals surface area contributed by atoms with Crippen molar-refractivity contribution in [2.24, 2.45) is 0 Å². The van der Waals surface area contributed by atoms with Gasteiger partial charge in [-0.2, -0.15) is 0 Å². The topological polar surface area (TPSA) is 146 Å². The molecule has 4 aromatic rings. The second kappa shape index (κ2) is 12.3. The van der Waals surface area contributed by atoms with Crippen LogP contribution in [-0.2, 0) is 40.6 Å². The quantitative estimate of drug-likeness (QED) is 0.249. The summed E-state index contributed by atoms with van der Waals surface area (Å²) in [6.07, 6.45) is 2.86. The number of nitrogens with zero attached hydrogens (tertiary/aromatic N) is 1. The van der Waals surface area contributed by atoms with Crippen molar-refractivity contribution in [1.29, 1.82) is 0 Å². The smallest absolute Gasteiger partial charge is 0.326 e. The van der Waals surface area contributed by atoms with Crippen LogP contribution in [0.4, 0.5) is 4.79 Å². The molecule has 10 nitrogen and oxygen atoms in total. The lowest BCUT2D eigenvalue weighted by molar-refractivity contribution is -0.139. The summed E-state index contributed by atoms with van der Waals surface area (Å²) < 4.78 is 29.2. The van der Waals surface area contributed by atoms with E-state index in [9.17, 15) is 27.9 Å². The molecule has 1 aliphatic rings. The maximum Gasteiger partial charge on any atom is 0.326 e. The Labute approximate surface area is 257 Å². The summed E-state index contributed by atoms with van der Waals surface area (Å²) in [5.41, 5.74) is 3.30. The third kappa shape index (κ3) is 6.79. The molecule has 3 aromatic carbocycles. The highest BCUT2D eigenvalue weighted by molar-refractivity contribution is 7.90. The first-order chi connectivity index (χ1) is 20.4. The lowest BCUT2D eigenvalue weighted by Crippen LogP contribution is -2.43. The molecule has 0 saturated heterocycles. The number of carbonyl (C=O) groups is 3. The normalized spacial score (nSPS) is 13.8. The first-order valence-corrected chi connectivity index (χ1v) is 15.9. The fraction of sp³-hybridized carbons (Fsp3) is 0.233. The molecule has 1 aromatic heterocycles. The van der Waals surface area contributed by atoms with Crippen LogP contribution < -0.4 is 10.6 Å². The predicted octanol–water partition coefficient (Wildman–Crippen LogP) is 4.84. The van der Waals surface area contributed by atoms with Gasteiger partial charge in [0.05, 0.1) is 26.8 Å². The van der Waals surface area contributed by atoms with Crippen molar-refractivity contribution in [3.05, 3.63) is 98.7 Å². The molecule has 0 bridgehead atoms. The number of furan rings is 1. The minimum absolute atomic E-state index is 0.0125. The summed E-state index contributed by atoms with van der Waals surface area (Å²) in [5, 5.41) is 16.2. The number of fused-ring (bicyclic) bond motifs is 2. The maximum absolute atomic E-state index is 13.2. The largest absolute Gasteiger partial charge is 0.480 e. The van der Waals surface area contributed by atoms with Gasteiger partial charge >= 0.3 is 12.0 Å². The summed E-state index contributed by atoms with van der Waals surface area (Å²) in [6.45, 7) is 0.865. The molecule has 3 amide bonds. The van der Waals surface area contributed by atoms with Crippen LogP contribution in [0.3, 0.4) is 0 Å². The standard InChI is InChI=1S/C30H27Cl2N3O7S/c1-43(40,41)21-4-2-3-17(11-21)12-24(29(37)38)34-28(36)26-23(31)14-20-16-35(9-7-22(20)27(26)32)30(39)33-15-18-5-6-19-8-10-42-25(19)13-18/h2-6,8,10-11,13-14,24H,7,9,12,15-16H2,1H3,(H,33,39)(H,34,36)(H,37,38)/t24-/m0/s1. The Morgan fingerprint density at radius 3 is 2.60 bits per heavy atom. The number of halogens is 2. The first-order valence-electron chi connectivity index (χ1n) is 13.2. The van der Waals surface area contributed by atoms with Gasteiger partial charge in [-0.25, -0.2) is 18.0 Å². The molecule has 0 unspecified atom stereocenters. The highest BCUT2D eigenvalue weighted by Crippen LogP contribution is 2.35. The number of carboxylic acids is 1. The molecule has 1 aliphatic heterocycles. The summed E-state index contributed by atoms with van der Waals surface area (Å²) in [7, 11) is -3.50. The van der Waals surface area contributed by atoms with Gasteiger partial charge in [0, 0.05) is 37.7 Å². The molecule has 0 aliphatic carbocycles. The van der Waals surface area contributed by atoms with E-state index in [1.54, 1.807) is 23.3 Å². The number of carboxylic acid groups (broad SMARTS) is 1. The number of amides is 3. The van der Waals surface area contributed by atoms with Crippen molar-refractivity contribution in [3.63, 3.8) is 0 Å². The van der Waals surface area contributed by atoms with E-state index >= 15 is 0 Å². The Kier molecular flexibility index (Phi) is 8.68. The molecule has 2 heterocycles. The fourth-order valence-electron chi connectivity index (χ4n) is 5.00. The molecule has 3 N–H and O–H groups in total. The van der Waals surface area contributed by atoms with E-state index in [4.69, 9.17) is 27.6 Å². The monoisotopic (exact) mass is 643 g/mol. The Hall–Kier alpha value is -4.06. The van der Waals surface area contributed by atoms with Gasteiger partial charge in [0.2, 0.25) is 0 Å². The highest BCUT2D eigenvalue weighted by Gasteiger charge is 2.29. The van der Waals surface area contributed by atoms with Crippen LogP contribution in [0.1, 0.15) is 32.6 Å². The molecule has 1 atom stereocenters. The molecule has 13 heteroatoms. The van der Waals surface area contributed by atoms with Gasteiger partial charge in [-0.15, -0.1) is 0 Å². The zero-order chi connectivity index (χ0) is 30.9. The van der Waals surface area contributed by atoms with Crippen LogP contribution in [0, 0.1) is 0 Å².